The maximum atomic E-state index is 12.6. The Balaban J connectivity index is 1.27. The van der Waals surface area contributed by atoms with Crippen LogP contribution >= 0.6 is 0 Å². The molecule has 2 aromatic heterocycles. The third kappa shape index (κ3) is 4.30. The van der Waals surface area contributed by atoms with Crippen LogP contribution in [0.2, 0.25) is 0 Å². The van der Waals surface area contributed by atoms with Crippen molar-refractivity contribution in [1.29, 1.82) is 0 Å². The van der Waals surface area contributed by atoms with Gasteiger partial charge in [0.2, 0.25) is 5.91 Å². The van der Waals surface area contributed by atoms with E-state index in [-0.39, 0.29) is 23.9 Å². The number of hydrogen-bond acceptors (Lipinski definition) is 6. The summed E-state index contributed by atoms with van der Waals surface area (Å²) < 4.78 is 12.8. The van der Waals surface area contributed by atoms with Crippen molar-refractivity contribution in [3.8, 4) is 17.2 Å². The summed E-state index contributed by atoms with van der Waals surface area (Å²) in [6, 6.07) is 14.9. The highest BCUT2D eigenvalue weighted by atomic mass is 16.6. The van der Waals surface area contributed by atoms with Crippen LogP contribution in [0.15, 0.2) is 59.5 Å². The van der Waals surface area contributed by atoms with Crippen LogP contribution in [0.5, 0.6) is 11.5 Å². The summed E-state index contributed by atoms with van der Waals surface area (Å²) in [5.74, 6) is 1.69. The molecule has 0 saturated heterocycles. The third-order valence-electron chi connectivity index (χ3n) is 5.52. The van der Waals surface area contributed by atoms with E-state index in [9.17, 15) is 9.59 Å². The second kappa shape index (κ2) is 8.78. The van der Waals surface area contributed by atoms with Crippen molar-refractivity contribution < 1.29 is 14.3 Å². The van der Waals surface area contributed by atoms with Crippen LogP contribution in [-0.2, 0) is 11.2 Å². The first-order valence-electron chi connectivity index (χ1n) is 10.8. The highest BCUT2D eigenvalue weighted by Crippen LogP contribution is 2.32. The van der Waals surface area contributed by atoms with Gasteiger partial charge in [-0.05, 0) is 36.8 Å². The van der Waals surface area contributed by atoms with E-state index in [2.05, 4.69) is 20.4 Å². The van der Waals surface area contributed by atoms with Crippen molar-refractivity contribution in [2.24, 2.45) is 0 Å². The van der Waals surface area contributed by atoms with Gasteiger partial charge < -0.3 is 19.8 Å². The molecule has 3 heterocycles. The molecule has 2 N–H and O–H groups in total. The van der Waals surface area contributed by atoms with Crippen molar-refractivity contribution in [2.45, 2.75) is 25.8 Å². The monoisotopic (exact) mass is 445 g/mol. The number of aryl methyl sites for hydroxylation is 1. The van der Waals surface area contributed by atoms with Gasteiger partial charge in [-0.15, -0.1) is 0 Å². The molecule has 0 aliphatic carbocycles. The molecule has 0 radical (unpaired) electrons. The number of hydrogen-bond donors (Lipinski definition) is 2. The Morgan fingerprint density at radius 3 is 2.76 bits per heavy atom. The minimum absolute atomic E-state index is 0.142. The molecule has 9 nitrogen and oxygen atoms in total. The van der Waals surface area contributed by atoms with E-state index < -0.39 is 0 Å². The van der Waals surface area contributed by atoms with Gasteiger partial charge in [-0.2, -0.15) is 5.10 Å². The van der Waals surface area contributed by atoms with Crippen molar-refractivity contribution in [2.75, 3.05) is 13.2 Å². The van der Waals surface area contributed by atoms with Gasteiger partial charge in [0.15, 0.2) is 17.1 Å². The van der Waals surface area contributed by atoms with Crippen LogP contribution in [0.4, 0.5) is 0 Å². The Bertz CT molecular complexity index is 1360. The number of carbonyl (C=O) groups is 1. The Kier molecular flexibility index (Phi) is 5.52. The number of ether oxygens (including phenoxy) is 2. The smallest absolute Gasteiger partial charge is 0.262 e. The van der Waals surface area contributed by atoms with Gasteiger partial charge >= 0.3 is 0 Å². The number of nitrogens with zero attached hydrogens (tertiary/aromatic N) is 3. The molecule has 9 heteroatoms. The van der Waals surface area contributed by atoms with Gasteiger partial charge in [0.1, 0.15) is 24.4 Å². The van der Waals surface area contributed by atoms with E-state index >= 15 is 0 Å². The lowest BCUT2D eigenvalue weighted by molar-refractivity contribution is -0.121. The molecule has 1 amide bonds. The summed E-state index contributed by atoms with van der Waals surface area (Å²) in [5.41, 5.74) is 1.92. The molecule has 5 rings (SSSR count). The molecule has 4 aromatic rings. The summed E-state index contributed by atoms with van der Waals surface area (Å²) in [6.45, 7) is 2.95. The minimum Gasteiger partial charge on any atom is -0.486 e. The summed E-state index contributed by atoms with van der Waals surface area (Å²) in [5, 5.41) is 7.69. The van der Waals surface area contributed by atoms with Crippen LogP contribution in [-0.4, -0.2) is 38.9 Å². The van der Waals surface area contributed by atoms with E-state index in [4.69, 9.17) is 9.47 Å². The molecule has 0 saturated carbocycles. The van der Waals surface area contributed by atoms with Gasteiger partial charge in [0.05, 0.1) is 17.9 Å². The molecular weight excluding hydrogens is 422 g/mol. The SMILES string of the molecule is C[C@H](NC(=O)CCc1nc2c(cnn2-c2ccccc2)c(=O)[nH]1)c1ccc2c(c1)OCCO2. The lowest BCUT2D eigenvalue weighted by Crippen LogP contribution is -2.27. The number of benzene rings is 2. The van der Waals surface area contributed by atoms with Crippen molar-refractivity contribution >= 4 is 16.9 Å². The fraction of sp³-hybridized carbons (Fsp3) is 0.250. The summed E-state index contributed by atoms with van der Waals surface area (Å²) in [7, 11) is 0. The average Bonchev–Trinajstić information content (AvgIpc) is 3.27. The minimum atomic E-state index is -0.276. The quantitative estimate of drug-likeness (QED) is 0.472. The Hall–Kier alpha value is -4.14. The molecule has 33 heavy (non-hydrogen) atoms. The fourth-order valence-corrected chi connectivity index (χ4v) is 3.80. The predicted octanol–water partition coefficient (Wildman–Crippen LogP) is 2.69. The van der Waals surface area contributed by atoms with Crippen LogP contribution < -0.4 is 20.3 Å². The number of nitrogens with one attached hydrogen (secondary N) is 2. The predicted molar refractivity (Wildman–Crippen MR) is 122 cm³/mol. The van der Waals surface area contributed by atoms with E-state index in [0.717, 1.165) is 11.3 Å². The Morgan fingerprint density at radius 1 is 1.15 bits per heavy atom. The summed E-state index contributed by atoms with van der Waals surface area (Å²) >= 11 is 0. The third-order valence-corrected chi connectivity index (χ3v) is 5.52. The van der Waals surface area contributed by atoms with Crippen LogP contribution in [0, 0.1) is 0 Å². The lowest BCUT2D eigenvalue weighted by Gasteiger charge is -2.21. The highest BCUT2D eigenvalue weighted by molar-refractivity contribution is 5.77. The molecule has 0 unspecified atom stereocenters. The standard InChI is InChI=1S/C24H23N5O4/c1-15(16-7-8-19-20(13-16)33-12-11-32-19)26-22(30)10-9-21-27-23-18(24(31)28-21)14-25-29(23)17-5-3-2-4-6-17/h2-8,13-15H,9-12H2,1H3,(H,26,30)(H,27,28,31)/t15-/m0/s1. The Morgan fingerprint density at radius 2 is 1.94 bits per heavy atom. The summed E-state index contributed by atoms with van der Waals surface area (Å²) in [6.07, 6.45) is 1.98. The van der Waals surface area contributed by atoms with Crippen LogP contribution in [0.1, 0.15) is 30.8 Å². The van der Waals surface area contributed by atoms with Crippen molar-refractivity contribution in [3.63, 3.8) is 0 Å². The number of aromatic amines is 1. The molecular formula is C24H23N5O4. The zero-order valence-corrected chi connectivity index (χ0v) is 18.1. The first-order valence-corrected chi connectivity index (χ1v) is 10.8. The fourth-order valence-electron chi connectivity index (χ4n) is 3.80. The second-order valence-corrected chi connectivity index (χ2v) is 7.83. The number of H-pyrrole nitrogens is 1. The molecule has 1 atom stereocenters. The van der Waals surface area contributed by atoms with Crippen molar-refractivity contribution in [3.05, 3.63) is 76.5 Å². The zero-order chi connectivity index (χ0) is 22.8. The number of para-hydroxylation sites is 1. The van der Waals surface area contributed by atoms with E-state index in [1.807, 2.05) is 55.5 Å². The van der Waals surface area contributed by atoms with Gasteiger partial charge in [-0.3, -0.25) is 9.59 Å². The number of amides is 1. The lowest BCUT2D eigenvalue weighted by atomic mass is 10.1. The number of rotatable bonds is 6. The normalized spacial score (nSPS) is 13.6. The Labute approximate surface area is 189 Å². The topological polar surface area (TPSA) is 111 Å². The second-order valence-electron chi connectivity index (χ2n) is 7.83. The number of fused-ring (bicyclic) bond motifs is 2. The van der Waals surface area contributed by atoms with Crippen molar-refractivity contribution in [1.82, 2.24) is 25.1 Å². The molecule has 0 spiro atoms. The maximum Gasteiger partial charge on any atom is 0.262 e. The van der Waals surface area contributed by atoms with Gasteiger partial charge in [-0.1, -0.05) is 24.3 Å². The van der Waals surface area contributed by atoms with E-state index in [1.165, 1.54) is 6.20 Å². The maximum absolute atomic E-state index is 12.6. The zero-order valence-electron chi connectivity index (χ0n) is 18.1. The molecule has 1 aliphatic heterocycles. The van der Waals surface area contributed by atoms with Crippen LogP contribution in [0.3, 0.4) is 0 Å². The van der Waals surface area contributed by atoms with Gasteiger partial charge in [0.25, 0.3) is 5.56 Å². The van der Waals surface area contributed by atoms with E-state index in [0.29, 0.717) is 48.0 Å². The average molecular weight is 445 g/mol. The molecule has 168 valence electrons. The van der Waals surface area contributed by atoms with E-state index in [1.54, 1.807) is 4.68 Å². The van der Waals surface area contributed by atoms with Gasteiger partial charge in [0, 0.05) is 12.8 Å². The number of aromatic nitrogens is 4. The van der Waals surface area contributed by atoms with Crippen LogP contribution in [0.25, 0.3) is 16.7 Å². The molecule has 2 aromatic carbocycles. The molecule has 1 aliphatic rings. The first kappa shape index (κ1) is 20.7. The molecule has 0 bridgehead atoms. The largest absolute Gasteiger partial charge is 0.486 e. The van der Waals surface area contributed by atoms with Gasteiger partial charge in [-0.25, -0.2) is 9.67 Å². The highest BCUT2D eigenvalue weighted by Gasteiger charge is 2.17. The first-order chi connectivity index (χ1) is 16.1. The summed E-state index contributed by atoms with van der Waals surface area (Å²) in [4.78, 5) is 32.4. The molecule has 0 fully saturated rings. The number of carbonyl (C=O) groups excluding carboxylic acids is 1.